The summed E-state index contributed by atoms with van der Waals surface area (Å²) in [5, 5.41) is 0. The van der Waals surface area contributed by atoms with Crippen LogP contribution in [-0.2, 0) is 6.54 Å². The van der Waals surface area contributed by atoms with Gasteiger partial charge in [-0.05, 0) is 35.9 Å². The van der Waals surface area contributed by atoms with Gasteiger partial charge in [-0.2, -0.15) is 0 Å². The van der Waals surface area contributed by atoms with E-state index in [1.165, 1.54) is 6.07 Å². The lowest BCUT2D eigenvalue weighted by atomic mass is 10.1. The zero-order chi connectivity index (χ0) is 18.6. The second-order valence-electron chi connectivity index (χ2n) is 6.22. The summed E-state index contributed by atoms with van der Waals surface area (Å²) in [5.74, 6) is -0.334. The number of fused-ring (bicyclic) bond motifs is 1. The van der Waals surface area contributed by atoms with E-state index in [1.54, 1.807) is 34.9 Å². The molecule has 0 saturated carbocycles. The quantitative estimate of drug-likeness (QED) is 0.529. The summed E-state index contributed by atoms with van der Waals surface area (Å²) in [7, 11) is 0. The SMILES string of the molecule is O=c1c(/C=C/c2ccccc2F)nc2ccccc2n1Cc1ccccc1. The van der Waals surface area contributed by atoms with Crippen LogP contribution in [0.3, 0.4) is 0 Å². The molecule has 0 N–H and O–H groups in total. The smallest absolute Gasteiger partial charge is 0.277 e. The van der Waals surface area contributed by atoms with Crippen LogP contribution in [0.1, 0.15) is 16.8 Å². The predicted molar refractivity (Wildman–Crippen MR) is 107 cm³/mol. The van der Waals surface area contributed by atoms with E-state index in [0.717, 1.165) is 16.6 Å². The van der Waals surface area contributed by atoms with E-state index in [0.29, 0.717) is 12.1 Å². The van der Waals surface area contributed by atoms with Gasteiger partial charge in [-0.15, -0.1) is 0 Å². The van der Waals surface area contributed by atoms with Crippen molar-refractivity contribution in [2.24, 2.45) is 0 Å². The van der Waals surface area contributed by atoms with Gasteiger partial charge < -0.3 is 4.57 Å². The fourth-order valence-corrected chi connectivity index (χ4v) is 3.02. The lowest BCUT2D eigenvalue weighted by Gasteiger charge is -2.11. The third kappa shape index (κ3) is 3.55. The van der Waals surface area contributed by atoms with Gasteiger partial charge in [0.1, 0.15) is 11.5 Å². The number of halogens is 1. The molecule has 0 saturated heterocycles. The van der Waals surface area contributed by atoms with Gasteiger partial charge >= 0.3 is 0 Å². The molecule has 0 amide bonds. The third-order valence-corrected chi connectivity index (χ3v) is 4.39. The van der Waals surface area contributed by atoms with E-state index in [2.05, 4.69) is 4.98 Å². The number of benzene rings is 3. The van der Waals surface area contributed by atoms with Crippen LogP contribution in [0.15, 0.2) is 83.7 Å². The van der Waals surface area contributed by atoms with E-state index >= 15 is 0 Å². The monoisotopic (exact) mass is 356 g/mol. The summed E-state index contributed by atoms with van der Waals surface area (Å²) in [6.07, 6.45) is 3.16. The van der Waals surface area contributed by atoms with Gasteiger partial charge in [-0.3, -0.25) is 4.79 Å². The fourth-order valence-electron chi connectivity index (χ4n) is 3.02. The first kappa shape index (κ1) is 16.9. The Bertz CT molecular complexity index is 1180. The van der Waals surface area contributed by atoms with E-state index < -0.39 is 0 Å². The van der Waals surface area contributed by atoms with Crippen LogP contribution >= 0.6 is 0 Å². The van der Waals surface area contributed by atoms with Gasteiger partial charge in [0.15, 0.2) is 0 Å². The van der Waals surface area contributed by atoms with Crippen molar-refractivity contribution < 1.29 is 4.39 Å². The molecule has 0 aliphatic carbocycles. The summed E-state index contributed by atoms with van der Waals surface area (Å²) >= 11 is 0. The normalized spacial score (nSPS) is 11.3. The molecule has 3 nitrogen and oxygen atoms in total. The summed E-state index contributed by atoms with van der Waals surface area (Å²) in [5.41, 5.74) is 3.02. The van der Waals surface area contributed by atoms with Crippen LogP contribution in [0.2, 0.25) is 0 Å². The van der Waals surface area contributed by atoms with Gasteiger partial charge in [-0.25, -0.2) is 9.37 Å². The molecule has 0 atom stereocenters. The number of hydrogen-bond acceptors (Lipinski definition) is 2. The molecule has 0 unspecified atom stereocenters. The number of para-hydroxylation sites is 2. The molecular weight excluding hydrogens is 339 g/mol. The Kier molecular flexibility index (Phi) is 4.62. The molecule has 0 aliphatic rings. The lowest BCUT2D eigenvalue weighted by molar-refractivity contribution is 0.625. The molecule has 1 heterocycles. The number of rotatable bonds is 4. The molecule has 27 heavy (non-hydrogen) atoms. The van der Waals surface area contributed by atoms with Crippen molar-refractivity contribution in [3.05, 3.63) is 112 Å². The molecule has 4 rings (SSSR count). The Hall–Kier alpha value is -3.53. The second-order valence-corrected chi connectivity index (χ2v) is 6.22. The highest BCUT2D eigenvalue weighted by atomic mass is 19.1. The molecule has 0 aliphatic heterocycles. The molecule has 132 valence electrons. The molecule has 3 aromatic carbocycles. The number of hydrogen-bond donors (Lipinski definition) is 0. The molecule has 4 aromatic rings. The lowest BCUT2D eigenvalue weighted by Crippen LogP contribution is -2.24. The largest absolute Gasteiger partial charge is 0.300 e. The standard InChI is InChI=1S/C23H17FN2O/c24-19-11-5-4-10-18(19)14-15-21-23(27)26(16-17-8-2-1-3-9-17)22-13-7-6-12-20(22)25-21/h1-15H,16H2/b15-14+. The van der Waals surface area contributed by atoms with Crippen molar-refractivity contribution in [3.63, 3.8) is 0 Å². The van der Waals surface area contributed by atoms with E-state index in [9.17, 15) is 9.18 Å². The maximum absolute atomic E-state index is 13.9. The zero-order valence-corrected chi connectivity index (χ0v) is 14.5. The molecule has 0 spiro atoms. The minimum absolute atomic E-state index is 0.204. The highest BCUT2D eigenvalue weighted by Crippen LogP contribution is 2.14. The van der Waals surface area contributed by atoms with Gasteiger partial charge in [0.25, 0.3) is 5.56 Å². The maximum Gasteiger partial charge on any atom is 0.277 e. The Morgan fingerprint density at radius 2 is 1.56 bits per heavy atom. The first-order chi connectivity index (χ1) is 13.2. The Labute approximate surface area is 156 Å². The summed E-state index contributed by atoms with van der Waals surface area (Å²) < 4.78 is 15.6. The van der Waals surface area contributed by atoms with Crippen molar-refractivity contribution in [1.82, 2.24) is 9.55 Å². The summed E-state index contributed by atoms with van der Waals surface area (Å²) in [6, 6.07) is 23.8. The van der Waals surface area contributed by atoms with Crippen LogP contribution in [0.5, 0.6) is 0 Å². The van der Waals surface area contributed by atoms with E-state index in [4.69, 9.17) is 0 Å². The zero-order valence-electron chi connectivity index (χ0n) is 14.5. The number of nitrogens with zero attached hydrogens (tertiary/aromatic N) is 2. The van der Waals surface area contributed by atoms with E-state index in [-0.39, 0.29) is 17.1 Å². The minimum Gasteiger partial charge on any atom is -0.300 e. The highest BCUT2D eigenvalue weighted by molar-refractivity contribution is 5.77. The average Bonchev–Trinajstić information content (AvgIpc) is 2.71. The average molecular weight is 356 g/mol. The van der Waals surface area contributed by atoms with Crippen LogP contribution in [-0.4, -0.2) is 9.55 Å². The molecule has 4 heteroatoms. The first-order valence-electron chi connectivity index (χ1n) is 8.68. The summed E-state index contributed by atoms with van der Waals surface area (Å²) in [6.45, 7) is 0.448. The second kappa shape index (κ2) is 7.38. The van der Waals surface area contributed by atoms with Crippen LogP contribution in [0.25, 0.3) is 23.2 Å². The third-order valence-electron chi connectivity index (χ3n) is 4.39. The fraction of sp³-hybridized carbons (Fsp3) is 0.0435. The van der Waals surface area contributed by atoms with Gasteiger partial charge in [0.2, 0.25) is 0 Å². The Balaban J connectivity index is 1.83. The van der Waals surface area contributed by atoms with Crippen molar-refractivity contribution in [2.45, 2.75) is 6.54 Å². The molecular formula is C23H17FN2O. The Morgan fingerprint density at radius 1 is 0.852 bits per heavy atom. The first-order valence-corrected chi connectivity index (χ1v) is 8.68. The topological polar surface area (TPSA) is 34.9 Å². The molecule has 0 radical (unpaired) electrons. The van der Waals surface area contributed by atoms with Crippen LogP contribution in [0.4, 0.5) is 4.39 Å². The van der Waals surface area contributed by atoms with Gasteiger partial charge in [0, 0.05) is 5.56 Å². The van der Waals surface area contributed by atoms with Crippen LogP contribution < -0.4 is 5.56 Å². The van der Waals surface area contributed by atoms with Crippen molar-refractivity contribution >= 4 is 23.2 Å². The molecule has 0 bridgehead atoms. The van der Waals surface area contributed by atoms with Gasteiger partial charge in [0.05, 0.1) is 17.6 Å². The predicted octanol–water partition coefficient (Wildman–Crippen LogP) is 4.75. The number of aromatic nitrogens is 2. The highest BCUT2D eigenvalue weighted by Gasteiger charge is 2.09. The van der Waals surface area contributed by atoms with Crippen molar-refractivity contribution in [2.75, 3.05) is 0 Å². The van der Waals surface area contributed by atoms with Crippen molar-refractivity contribution in [1.29, 1.82) is 0 Å². The van der Waals surface area contributed by atoms with E-state index in [1.807, 2.05) is 54.6 Å². The van der Waals surface area contributed by atoms with Crippen molar-refractivity contribution in [3.8, 4) is 0 Å². The molecule has 1 aromatic heterocycles. The maximum atomic E-state index is 13.9. The molecule has 0 fully saturated rings. The summed E-state index contributed by atoms with van der Waals surface area (Å²) in [4.78, 5) is 17.5. The minimum atomic E-state index is -0.334. The Morgan fingerprint density at radius 3 is 2.37 bits per heavy atom. The van der Waals surface area contributed by atoms with Gasteiger partial charge in [-0.1, -0.05) is 60.7 Å². The van der Waals surface area contributed by atoms with Crippen LogP contribution in [0, 0.1) is 5.82 Å².